The molecule has 0 aromatic heterocycles. The fourth-order valence-electron chi connectivity index (χ4n) is 2.69. The van der Waals surface area contributed by atoms with Gasteiger partial charge in [-0.2, -0.15) is 0 Å². The first-order valence-electron chi connectivity index (χ1n) is 7.30. The minimum absolute atomic E-state index is 0.463. The molecule has 0 atom stereocenters. The zero-order valence-electron chi connectivity index (χ0n) is 13.2. The number of amides is 1. The van der Waals surface area contributed by atoms with E-state index >= 15 is 0 Å². The molecule has 0 aromatic rings. The summed E-state index contributed by atoms with van der Waals surface area (Å²) in [7, 11) is 0. The van der Waals surface area contributed by atoms with Crippen LogP contribution in [0.5, 0.6) is 0 Å². The van der Waals surface area contributed by atoms with E-state index in [1.54, 1.807) is 20.8 Å². The molecule has 1 aliphatic carbocycles. The van der Waals surface area contributed by atoms with Crippen LogP contribution < -0.4 is 5.32 Å². The van der Waals surface area contributed by atoms with Crippen molar-refractivity contribution >= 4 is 12.1 Å². The van der Waals surface area contributed by atoms with Gasteiger partial charge in [0.1, 0.15) is 11.1 Å². The minimum Gasteiger partial charge on any atom is -0.480 e. The summed E-state index contributed by atoms with van der Waals surface area (Å²) in [6.45, 7) is 9.58. The van der Waals surface area contributed by atoms with E-state index in [1.807, 2.05) is 0 Å². The van der Waals surface area contributed by atoms with Gasteiger partial charge in [-0.15, -0.1) is 0 Å². The standard InChI is InChI=1S/C15H27NO4/c1-10(2)11-6-8-15(9-7-11,12(17)18)16-13(19)20-14(3,4)5/h10-11H,6-9H2,1-5H3,(H,16,19)(H,17,18). The molecule has 0 spiro atoms. The van der Waals surface area contributed by atoms with Crippen LogP contribution >= 0.6 is 0 Å². The molecule has 0 saturated heterocycles. The Balaban J connectivity index is 2.71. The highest BCUT2D eigenvalue weighted by Crippen LogP contribution is 2.36. The van der Waals surface area contributed by atoms with Gasteiger partial charge in [-0.05, 0) is 58.3 Å². The molecule has 1 fully saturated rings. The molecule has 2 N–H and O–H groups in total. The fourth-order valence-corrected chi connectivity index (χ4v) is 2.69. The Morgan fingerprint density at radius 1 is 1.25 bits per heavy atom. The Morgan fingerprint density at radius 2 is 1.75 bits per heavy atom. The summed E-state index contributed by atoms with van der Waals surface area (Å²) < 4.78 is 5.18. The molecule has 0 aliphatic heterocycles. The van der Waals surface area contributed by atoms with Crippen LogP contribution in [0.25, 0.3) is 0 Å². The fraction of sp³-hybridized carbons (Fsp3) is 0.867. The number of carbonyl (C=O) groups excluding carboxylic acids is 1. The maximum absolute atomic E-state index is 11.9. The van der Waals surface area contributed by atoms with Crippen molar-refractivity contribution in [2.45, 2.75) is 71.4 Å². The topological polar surface area (TPSA) is 75.6 Å². The number of ether oxygens (including phenoxy) is 1. The third-order valence-corrected chi connectivity index (χ3v) is 3.98. The molecular weight excluding hydrogens is 258 g/mol. The van der Waals surface area contributed by atoms with Gasteiger partial charge >= 0.3 is 12.1 Å². The van der Waals surface area contributed by atoms with Crippen molar-refractivity contribution < 1.29 is 19.4 Å². The van der Waals surface area contributed by atoms with Gasteiger partial charge in [0.2, 0.25) is 0 Å². The van der Waals surface area contributed by atoms with Gasteiger partial charge in [-0.1, -0.05) is 13.8 Å². The van der Waals surface area contributed by atoms with Crippen molar-refractivity contribution in [2.24, 2.45) is 11.8 Å². The van der Waals surface area contributed by atoms with E-state index in [9.17, 15) is 14.7 Å². The third kappa shape index (κ3) is 4.39. The molecule has 0 radical (unpaired) electrons. The zero-order chi connectivity index (χ0) is 15.6. The number of alkyl carbamates (subject to hydrolysis) is 1. The molecule has 1 rings (SSSR count). The highest BCUT2D eigenvalue weighted by molar-refractivity contribution is 5.84. The lowest BCUT2D eigenvalue weighted by molar-refractivity contribution is -0.147. The first-order valence-corrected chi connectivity index (χ1v) is 7.30. The van der Waals surface area contributed by atoms with Gasteiger partial charge in [-0.3, -0.25) is 0 Å². The summed E-state index contributed by atoms with van der Waals surface area (Å²) in [4.78, 5) is 23.4. The average molecular weight is 285 g/mol. The summed E-state index contributed by atoms with van der Waals surface area (Å²) >= 11 is 0. The first-order chi connectivity index (χ1) is 9.06. The molecule has 1 amide bonds. The number of carboxylic acid groups (broad SMARTS) is 1. The molecule has 20 heavy (non-hydrogen) atoms. The van der Waals surface area contributed by atoms with E-state index in [0.717, 1.165) is 12.8 Å². The van der Waals surface area contributed by atoms with Crippen LogP contribution in [0.2, 0.25) is 0 Å². The van der Waals surface area contributed by atoms with Crippen LogP contribution in [0.4, 0.5) is 4.79 Å². The van der Waals surface area contributed by atoms with Gasteiger partial charge in [0.15, 0.2) is 0 Å². The molecule has 1 saturated carbocycles. The predicted molar refractivity (Wildman–Crippen MR) is 76.5 cm³/mol. The van der Waals surface area contributed by atoms with E-state index in [2.05, 4.69) is 19.2 Å². The lowest BCUT2D eigenvalue weighted by atomic mass is 9.73. The smallest absolute Gasteiger partial charge is 0.408 e. The minimum atomic E-state index is -1.17. The highest BCUT2D eigenvalue weighted by Gasteiger charge is 2.44. The molecule has 116 valence electrons. The van der Waals surface area contributed by atoms with Crippen LogP contribution in [0, 0.1) is 11.8 Å². The number of hydrogen-bond acceptors (Lipinski definition) is 3. The first kappa shape index (κ1) is 16.8. The molecule has 0 bridgehead atoms. The number of rotatable bonds is 3. The van der Waals surface area contributed by atoms with Gasteiger partial charge in [-0.25, -0.2) is 9.59 Å². The van der Waals surface area contributed by atoms with E-state index in [-0.39, 0.29) is 0 Å². The Kier molecular flexibility index (Phi) is 5.05. The predicted octanol–water partition coefficient (Wildman–Crippen LogP) is 3.18. The SMILES string of the molecule is CC(C)C1CCC(NC(=O)OC(C)(C)C)(C(=O)O)CC1. The van der Waals surface area contributed by atoms with Crippen molar-refractivity contribution in [3.63, 3.8) is 0 Å². The van der Waals surface area contributed by atoms with E-state index < -0.39 is 23.2 Å². The highest BCUT2D eigenvalue weighted by atomic mass is 16.6. The summed E-state index contributed by atoms with van der Waals surface area (Å²) in [6.07, 6.45) is 1.91. The number of carboxylic acids is 1. The van der Waals surface area contributed by atoms with Crippen molar-refractivity contribution in [2.75, 3.05) is 0 Å². The summed E-state index contributed by atoms with van der Waals surface area (Å²) in [5.41, 5.74) is -1.80. The zero-order valence-corrected chi connectivity index (χ0v) is 13.2. The Bertz CT molecular complexity index is 363. The van der Waals surface area contributed by atoms with Crippen LogP contribution in [-0.2, 0) is 9.53 Å². The van der Waals surface area contributed by atoms with Gasteiger partial charge in [0, 0.05) is 0 Å². The van der Waals surface area contributed by atoms with Gasteiger partial charge < -0.3 is 15.2 Å². The van der Waals surface area contributed by atoms with Crippen molar-refractivity contribution in [3.05, 3.63) is 0 Å². The largest absolute Gasteiger partial charge is 0.480 e. The normalized spacial score (nSPS) is 27.2. The quantitative estimate of drug-likeness (QED) is 0.835. The van der Waals surface area contributed by atoms with Crippen LogP contribution in [0.3, 0.4) is 0 Å². The lowest BCUT2D eigenvalue weighted by Gasteiger charge is -2.38. The van der Waals surface area contributed by atoms with Crippen LogP contribution in [-0.4, -0.2) is 28.3 Å². The van der Waals surface area contributed by atoms with Crippen molar-refractivity contribution in [1.82, 2.24) is 5.32 Å². The van der Waals surface area contributed by atoms with Crippen molar-refractivity contribution in [3.8, 4) is 0 Å². The van der Waals surface area contributed by atoms with E-state index in [0.29, 0.717) is 24.7 Å². The third-order valence-electron chi connectivity index (χ3n) is 3.98. The Labute approximate surface area is 121 Å². The second-order valence-corrected chi connectivity index (χ2v) is 7.10. The average Bonchev–Trinajstić information content (AvgIpc) is 2.26. The summed E-state index contributed by atoms with van der Waals surface area (Å²) in [5, 5.41) is 12.1. The van der Waals surface area contributed by atoms with Crippen LogP contribution in [0.15, 0.2) is 0 Å². The van der Waals surface area contributed by atoms with Crippen LogP contribution in [0.1, 0.15) is 60.3 Å². The molecule has 5 heteroatoms. The van der Waals surface area contributed by atoms with E-state index in [4.69, 9.17) is 4.74 Å². The van der Waals surface area contributed by atoms with Crippen molar-refractivity contribution in [1.29, 1.82) is 0 Å². The molecular formula is C15H27NO4. The second-order valence-electron chi connectivity index (χ2n) is 7.10. The molecule has 5 nitrogen and oxygen atoms in total. The molecule has 1 aliphatic rings. The van der Waals surface area contributed by atoms with E-state index in [1.165, 1.54) is 0 Å². The second kappa shape index (κ2) is 6.02. The summed E-state index contributed by atoms with van der Waals surface area (Å²) in [5.74, 6) is 0.108. The summed E-state index contributed by atoms with van der Waals surface area (Å²) in [6, 6.07) is 0. The van der Waals surface area contributed by atoms with Gasteiger partial charge in [0.05, 0.1) is 0 Å². The molecule has 0 heterocycles. The monoisotopic (exact) mass is 285 g/mol. The number of hydrogen-bond donors (Lipinski definition) is 2. The Morgan fingerprint density at radius 3 is 2.10 bits per heavy atom. The Hall–Kier alpha value is -1.26. The molecule has 0 unspecified atom stereocenters. The number of nitrogens with one attached hydrogen (secondary N) is 1. The number of carbonyl (C=O) groups is 2. The molecule has 0 aromatic carbocycles. The number of aliphatic carboxylic acids is 1. The van der Waals surface area contributed by atoms with Gasteiger partial charge in [0.25, 0.3) is 0 Å². The maximum Gasteiger partial charge on any atom is 0.408 e. The lowest BCUT2D eigenvalue weighted by Crippen LogP contribution is -2.57. The maximum atomic E-state index is 11.9.